The number of hydrogen-bond donors (Lipinski definition) is 1. The van der Waals surface area contributed by atoms with Gasteiger partial charge in [-0.1, -0.05) is 24.6 Å². The van der Waals surface area contributed by atoms with Gasteiger partial charge in [-0.3, -0.25) is 0 Å². The van der Waals surface area contributed by atoms with Gasteiger partial charge in [0.1, 0.15) is 0 Å². The van der Waals surface area contributed by atoms with Crippen molar-refractivity contribution in [1.29, 1.82) is 0 Å². The van der Waals surface area contributed by atoms with Gasteiger partial charge >= 0.3 is 6.03 Å². The summed E-state index contributed by atoms with van der Waals surface area (Å²) in [4.78, 5) is 13.7. The predicted octanol–water partition coefficient (Wildman–Crippen LogP) is 3.21. The molecule has 0 saturated carbocycles. The largest absolute Gasteiger partial charge is 0.324 e. The fraction of sp³-hybridized carbons (Fsp3) is 0.417. The normalized spacial score (nSPS) is 19.9. The Hall–Kier alpha value is -1.22. The molecule has 1 saturated heterocycles. The lowest BCUT2D eigenvalue weighted by molar-refractivity contribution is 0.221. The Morgan fingerprint density at radius 1 is 1.56 bits per heavy atom. The van der Waals surface area contributed by atoms with Gasteiger partial charge in [0.05, 0.1) is 0 Å². The highest BCUT2D eigenvalue weighted by atomic mass is 35.5. The molecule has 1 aliphatic rings. The van der Waals surface area contributed by atoms with Crippen molar-refractivity contribution in [2.24, 2.45) is 5.92 Å². The Morgan fingerprint density at radius 2 is 2.38 bits per heavy atom. The topological polar surface area (TPSA) is 32.3 Å². The summed E-state index contributed by atoms with van der Waals surface area (Å²) in [5, 5.41) is 3.48. The summed E-state index contributed by atoms with van der Waals surface area (Å²) in [5.74, 6) is 0.602. The van der Waals surface area contributed by atoms with Crippen LogP contribution in [0.15, 0.2) is 24.3 Å². The summed E-state index contributed by atoms with van der Waals surface area (Å²) in [6, 6.07) is 7.16. The van der Waals surface area contributed by atoms with E-state index in [0.29, 0.717) is 10.9 Å². The highest BCUT2D eigenvalue weighted by molar-refractivity contribution is 6.30. The van der Waals surface area contributed by atoms with E-state index in [1.807, 2.05) is 17.0 Å². The fourth-order valence-corrected chi connectivity index (χ4v) is 2.08. The van der Waals surface area contributed by atoms with Crippen LogP contribution in [0, 0.1) is 5.92 Å². The van der Waals surface area contributed by atoms with Crippen molar-refractivity contribution in [1.82, 2.24) is 4.90 Å². The number of benzene rings is 1. The molecule has 3 nitrogen and oxygen atoms in total. The van der Waals surface area contributed by atoms with Gasteiger partial charge in [-0.25, -0.2) is 4.79 Å². The first-order valence-corrected chi connectivity index (χ1v) is 5.84. The van der Waals surface area contributed by atoms with Crippen molar-refractivity contribution in [3.05, 3.63) is 29.3 Å². The number of carbonyl (C=O) groups is 1. The second-order valence-electron chi connectivity index (χ2n) is 4.28. The van der Waals surface area contributed by atoms with Crippen LogP contribution in [0.1, 0.15) is 13.3 Å². The minimum Gasteiger partial charge on any atom is -0.324 e. The molecule has 1 N–H and O–H groups in total. The molecule has 0 aromatic heterocycles. The van der Waals surface area contributed by atoms with E-state index in [4.69, 9.17) is 11.6 Å². The standard InChI is InChI=1S/C12H15ClN2O/c1-9-5-6-15(8-9)12(16)14-11-4-2-3-10(13)7-11/h2-4,7,9H,5-6,8H2,1H3,(H,14,16). The molecule has 1 aliphatic heterocycles. The molecule has 1 atom stereocenters. The number of urea groups is 1. The summed E-state index contributed by atoms with van der Waals surface area (Å²) < 4.78 is 0. The number of rotatable bonds is 1. The third kappa shape index (κ3) is 2.67. The Balaban J connectivity index is 1.97. The smallest absolute Gasteiger partial charge is 0.321 e. The molecule has 0 aliphatic carbocycles. The van der Waals surface area contributed by atoms with Gasteiger partial charge in [0.2, 0.25) is 0 Å². The maximum atomic E-state index is 11.8. The van der Waals surface area contributed by atoms with Crippen molar-refractivity contribution in [2.75, 3.05) is 18.4 Å². The lowest BCUT2D eigenvalue weighted by Gasteiger charge is -2.16. The van der Waals surface area contributed by atoms with Gasteiger partial charge < -0.3 is 10.2 Å². The van der Waals surface area contributed by atoms with Crippen LogP contribution in [0.5, 0.6) is 0 Å². The highest BCUT2D eigenvalue weighted by Crippen LogP contribution is 2.18. The summed E-state index contributed by atoms with van der Waals surface area (Å²) in [5.41, 5.74) is 0.747. The Kier molecular flexibility index (Phi) is 3.34. The number of carbonyl (C=O) groups excluding carboxylic acids is 1. The quantitative estimate of drug-likeness (QED) is 0.801. The monoisotopic (exact) mass is 238 g/mol. The van der Waals surface area contributed by atoms with Crippen LogP contribution >= 0.6 is 11.6 Å². The van der Waals surface area contributed by atoms with Crippen molar-refractivity contribution in [3.63, 3.8) is 0 Å². The zero-order chi connectivity index (χ0) is 11.5. The predicted molar refractivity (Wildman–Crippen MR) is 65.8 cm³/mol. The summed E-state index contributed by atoms with van der Waals surface area (Å²) >= 11 is 5.85. The van der Waals surface area contributed by atoms with E-state index < -0.39 is 0 Å². The van der Waals surface area contributed by atoms with E-state index >= 15 is 0 Å². The third-order valence-electron chi connectivity index (χ3n) is 2.79. The molecule has 1 unspecified atom stereocenters. The van der Waals surface area contributed by atoms with E-state index in [1.54, 1.807) is 12.1 Å². The van der Waals surface area contributed by atoms with Gasteiger partial charge in [0.15, 0.2) is 0 Å². The molecular weight excluding hydrogens is 224 g/mol. The lowest BCUT2D eigenvalue weighted by Crippen LogP contribution is -2.32. The molecule has 0 radical (unpaired) electrons. The van der Waals surface area contributed by atoms with Gasteiger partial charge in [-0.15, -0.1) is 0 Å². The van der Waals surface area contributed by atoms with Crippen LogP contribution in [-0.2, 0) is 0 Å². The minimum absolute atomic E-state index is 0.0355. The third-order valence-corrected chi connectivity index (χ3v) is 3.02. The average molecular weight is 239 g/mol. The average Bonchev–Trinajstić information content (AvgIpc) is 2.65. The maximum Gasteiger partial charge on any atom is 0.321 e. The number of amides is 2. The zero-order valence-electron chi connectivity index (χ0n) is 9.24. The summed E-state index contributed by atoms with van der Waals surface area (Å²) in [6.45, 7) is 3.84. The van der Waals surface area contributed by atoms with Crippen molar-refractivity contribution in [2.45, 2.75) is 13.3 Å². The molecule has 1 aromatic rings. The zero-order valence-corrected chi connectivity index (χ0v) is 10.00. The number of hydrogen-bond acceptors (Lipinski definition) is 1. The van der Waals surface area contributed by atoms with Gasteiger partial charge in [0.25, 0.3) is 0 Å². The van der Waals surface area contributed by atoms with Gasteiger partial charge in [0, 0.05) is 23.8 Å². The number of likely N-dealkylation sites (tertiary alicyclic amines) is 1. The molecule has 16 heavy (non-hydrogen) atoms. The van der Waals surface area contributed by atoms with Crippen molar-refractivity contribution >= 4 is 23.3 Å². The molecule has 0 spiro atoms. The second kappa shape index (κ2) is 4.74. The summed E-state index contributed by atoms with van der Waals surface area (Å²) in [6.07, 6.45) is 1.09. The van der Waals surface area contributed by atoms with E-state index in [9.17, 15) is 4.79 Å². The molecule has 2 amide bonds. The number of halogens is 1. The van der Waals surface area contributed by atoms with Crippen LogP contribution in [0.3, 0.4) is 0 Å². The number of nitrogens with one attached hydrogen (secondary N) is 1. The molecule has 1 fully saturated rings. The van der Waals surface area contributed by atoms with Gasteiger partial charge in [-0.05, 0) is 30.5 Å². The molecular formula is C12H15ClN2O. The van der Waals surface area contributed by atoms with E-state index in [0.717, 1.165) is 25.2 Å². The van der Waals surface area contributed by atoms with Crippen LogP contribution in [-0.4, -0.2) is 24.0 Å². The highest BCUT2D eigenvalue weighted by Gasteiger charge is 2.22. The first-order chi connectivity index (χ1) is 7.65. The summed E-state index contributed by atoms with van der Waals surface area (Å²) in [7, 11) is 0. The molecule has 1 aromatic carbocycles. The second-order valence-corrected chi connectivity index (χ2v) is 4.72. The molecule has 2 rings (SSSR count). The van der Waals surface area contributed by atoms with Crippen molar-refractivity contribution < 1.29 is 4.79 Å². The van der Waals surface area contributed by atoms with Crippen LogP contribution in [0.2, 0.25) is 5.02 Å². The van der Waals surface area contributed by atoms with Crippen LogP contribution in [0.4, 0.5) is 10.5 Å². The molecule has 0 bridgehead atoms. The minimum atomic E-state index is -0.0355. The molecule has 4 heteroatoms. The fourth-order valence-electron chi connectivity index (χ4n) is 1.89. The van der Waals surface area contributed by atoms with E-state index in [2.05, 4.69) is 12.2 Å². The SMILES string of the molecule is CC1CCN(C(=O)Nc2cccc(Cl)c2)C1. The van der Waals surface area contributed by atoms with E-state index in [-0.39, 0.29) is 6.03 Å². The number of anilines is 1. The van der Waals surface area contributed by atoms with Crippen LogP contribution in [0.25, 0.3) is 0 Å². The van der Waals surface area contributed by atoms with Crippen molar-refractivity contribution in [3.8, 4) is 0 Å². The first kappa shape index (κ1) is 11.3. The Morgan fingerprint density at radius 3 is 3.00 bits per heavy atom. The van der Waals surface area contributed by atoms with Crippen LogP contribution < -0.4 is 5.32 Å². The Labute approximate surface area is 100 Å². The Bertz CT molecular complexity index is 394. The molecule has 1 heterocycles. The maximum absolute atomic E-state index is 11.8. The first-order valence-electron chi connectivity index (χ1n) is 5.46. The molecule has 86 valence electrons. The number of nitrogens with zero attached hydrogens (tertiary/aromatic N) is 1. The van der Waals surface area contributed by atoms with Gasteiger partial charge in [-0.2, -0.15) is 0 Å². The lowest BCUT2D eigenvalue weighted by atomic mass is 10.2. The van der Waals surface area contributed by atoms with E-state index in [1.165, 1.54) is 0 Å².